The third-order valence-electron chi connectivity index (χ3n) is 5.80. The number of nitrogens with zero attached hydrogens (tertiary/aromatic N) is 2. The summed E-state index contributed by atoms with van der Waals surface area (Å²) in [7, 11) is 0. The van der Waals surface area contributed by atoms with E-state index in [0.29, 0.717) is 34.9 Å². The van der Waals surface area contributed by atoms with Crippen molar-refractivity contribution in [2.24, 2.45) is 0 Å². The van der Waals surface area contributed by atoms with Gasteiger partial charge in [-0.05, 0) is 47.7 Å². The highest BCUT2D eigenvalue weighted by Gasteiger charge is 2.18. The Morgan fingerprint density at radius 1 is 1.00 bits per heavy atom. The first-order valence-corrected chi connectivity index (χ1v) is 11.4. The maximum absolute atomic E-state index is 13.3. The molecule has 174 valence electrons. The summed E-state index contributed by atoms with van der Waals surface area (Å²) in [5.74, 6) is 1.32. The van der Waals surface area contributed by atoms with E-state index in [-0.39, 0.29) is 24.6 Å². The van der Waals surface area contributed by atoms with Crippen molar-refractivity contribution in [3.8, 4) is 5.75 Å². The van der Waals surface area contributed by atoms with E-state index >= 15 is 0 Å². The molecule has 0 atom stereocenters. The number of H-pyrrole nitrogens is 1. The number of rotatable bonds is 8. The van der Waals surface area contributed by atoms with Gasteiger partial charge >= 0.3 is 0 Å². The molecular formula is C28H29N3O3. The Kier molecular flexibility index (Phi) is 7.07. The molecule has 6 heteroatoms. The van der Waals surface area contributed by atoms with Crippen molar-refractivity contribution in [3.63, 3.8) is 0 Å². The van der Waals surface area contributed by atoms with Gasteiger partial charge in [0, 0.05) is 6.54 Å². The van der Waals surface area contributed by atoms with Crippen LogP contribution in [-0.4, -0.2) is 27.4 Å². The molecular weight excluding hydrogens is 426 g/mol. The molecule has 1 N–H and O–H groups in total. The summed E-state index contributed by atoms with van der Waals surface area (Å²) < 4.78 is 5.96. The zero-order valence-corrected chi connectivity index (χ0v) is 19.7. The van der Waals surface area contributed by atoms with Crippen LogP contribution in [0.3, 0.4) is 0 Å². The number of benzene rings is 3. The minimum Gasteiger partial charge on any atom is -0.483 e. The standard InChI is InChI=1S/C28H29N3O3/c1-19(2)22-14-13-20(3)25(15-22)34-18-27(32)31(16-21-9-5-4-6-10-21)17-26-29-24-12-8-7-11-23(24)28(33)30-26/h4-15,19H,16-18H2,1-3H3,(H,29,30,33). The molecule has 0 spiro atoms. The fourth-order valence-electron chi connectivity index (χ4n) is 3.79. The molecule has 0 unspecified atom stereocenters. The highest BCUT2D eigenvalue weighted by atomic mass is 16.5. The molecule has 0 aliphatic carbocycles. The molecule has 0 bridgehead atoms. The molecule has 34 heavy (non-hydrogen) atoms. The second kappa shape index (κ2) is 10.3. The van der Waals surface area contributed by atoms with E-state index in [1.165, 1.54) is 0 Å². The lowest BCUT2D eigenvalue weighted by Gasteiger charge is -2.23. The summed E-state index contributed by atoms with van der Waals surface area (Å²) in [6.07, 6.45) is 0. The van der Waals surface area contributed by atoms with E-state index in [1.807, 2.05) is 55.5 Å². The molecule has 1 aromatic heterocycles. The first kappa shape index (κ1) is 23.2. The van der Waals surface area contributed by atoms with Gasteiger partial charge in [-0.1, -0.05) is 68.4 Å². The van der Waals surface area contributed by atoms with Crippen LogP contribution >= 0.6 is 0 Å². The number of carbonyl (C=O) groups is 1. The molecule has 0 saturated carbocycles. The number of hydrogen-bond donors (Lipinski definition) is 1. The molecule has 1 heterocycles. The average molecular weight is 456 g/mol. The number of aromatic nitrogens is 2. The number of ether oxygens (including phenoxy) is 1. The number of para-hydroxylation sites is 1. The predicted molar refractivity (Wildman–Crippen MR) is 134 cm³/mol. The van der Waals surface area contributed by atoms with Crippen molar-refractivity contribution in [1.29, 1.82) is 0 Å². The van der Waals surface area contributed by atoms with Gasteiger partial charge in [-0.25, -0.2) is 4.98 Å². The topological polar surface area (TPSA) is 75.3 Å². The van der Waals surface area contributed by atoms with Crippen LogP contribution in [0, 0.1) is 6.92 Å². The number of aromatic amines is 1. The SMILES string of the molecule is Cc1ccc(C(C)C)cc1OCC(=O)N(Cc1ccccc1)Cc1nc2ccccc2c(=O)[nH]1. The predicted octanol–water partition coefficient (Wildman–Crippen LogP) is 4.96. The van der Waals surface area contributed by atoms with Crippen LogP contribution in [0.25, 0.3) is 10.9 Å². The molecule has 0 aliphatic heterocycles. The third-order valence-corrected chi connectivity index (χ3v) is 5.80. The van der Waals surface area contributed by atoms with Crippen molar-refractivity contribution in [1.82, 2.24) is 14.9 Å². The second-order valence-corrected chi connectivity index (χ2v) is 8.73. The quantitative estimate of drug-likeness (QED) is 0.407. The number of carbonyl (C=O) groups excluding carboxylic acids is 1. The van der Waals surface area contributed by atoms with E-state index in [0.717, 1.165) is 16.7 Å². The molecule has 0 aliphatic rings. The fourth-order valence-corrected chi connectivity index (χ4v) is 3.79. The monoisotopic (exact) mass is 455 g/mol. The van der Waals surface area contributed by atoms with Gasteiger partial charge in [0.15, 0.2) is 6.61 Å². The van der Waals surface area contributed by atoms with Crippen molar-refractivity contribution in [3.05, 3.63) is 106 Å². The Labute approximate surface area is 199 Å². The summed E-state index contributed by atoms with van der Waals surface area (Å²) in [4.78, 5) is 34.9. The molecule has 4 rings (SSSR count). The zero-order chi connectivity index (χ0) is 24.1. The van der Waals surface area contributed by atoms with Crippen LogP contribution in [0.1, 0.15) is 42.3 Å². The highest BCUT2D eigenvalue weighted by Crippen LogP contribution is 2.24. The van der Waals surface area contributed by atoms with Gasteiger partial charge in [0.1, 0.15) is 11.6 Å². The second-order valence-electron chi connectivity index (χ2n) is 8.73. The molecule has 0 radical (unpaired) electrons. The largest absolute Gasteiger partial charge is 0.483 e. The Morgan fingerprint density at radius 2 is 1.74 bits per heavy atom. The van der Waals surface area contributed by atoms with Crippen molar-refractivity contribution < 1.29 is 9.53 Å². The lowest BCUT2D eigenvalue weighted by atomic mass is 10.0. The maximum Gasteiger partial charge on any atom is 0.261 e. The average Bonchev–Trinajstić information content (AvgIpc) is 2.83. The van der Waals surface area contributed by atoms with Crippen LogP contribution in [0.15, 0.2) is 77.6 Å². The summed E-state index contributed by atoms with van der Waals surface area (Å²) in [5.41, 5.74) is 3.51. The Hall–Kier alpha value is -3.93. The minimum absolute atomic E-state index is 0.104. The van der Waals surface area contributed by atoms with Gasteiger partial charge in [-0.15, -0.1) is 0 Å². The molecule has 6 nitrogen and oxygen atoms in total. The minimum atomic E-state index is -0.218. The maximum atomic E-state index is 13.3. The van der Waals surface area contributed by atoms with E-state index < -0.39 is 0 Å². The lowest BCUT2D eigenvalue weighted by Crippen LogP contribution is -2.35. The summed E-state index contributed by atoms with van der Waals surface area (Å²) in [6, 6.07) is 23.0. The fraction of sp³-hybridized carbons (Fsp3) is 0.250. The van der Waals surface area contributed by atoms with Crippen LogP contribution in [0.4, 0.5) is 0 Å². The van der Waals surface area contributed by atoms with Crippen LogP contribution in [0.2, 0.25) is 0 Å². The number of hydrogen-bond acceptors (Lipinski definition) is 4. The van der Waals surface area contributed by atoms with E-state index in [2.05, 4.69) is 29.9 Å². The van der Waals surface area contributed by atoms with Gasteiger partial charge in [0.2, 0.25) is 0 Å². The zero-order valence-electron chi connectivity index (χ0n) is 19.7. The Bertz CT molecular complexity index is 1350. The number of nitrogens with one attached hydrogen (secondary N) is 1. The molecule has 4 aromatic rings. The van der Waals surface area contributed by atoms with Crippen LogP contribution in [0.5, 0.6) is 5.75 Å². The molecule has 3 aromatic carbocycles. The van der Waals surface area contributed by atoms with Crippen LogP contribution in [-0.2, 0) is 17.9 Å². The van der Waals surface area contributed by atoms with Crippen LogP contribution < -0.4 is 10.3 Å². The number of fused-ring (bicyclic) bond motifs is 1. The first-order valence-electron chi connectivity index (χ1n) is 11.4. The van der Waals surface area contributed by atoms with Crippen molar-refractivity contribution in [2.45, 2.75) is 39.8 Å². The smallest absolute Gasteiger partial charge is 0.261 e. The van der Waals surface area contributed by atoms with Gasteiger partial charge in [-0.3, -0.25) is 9.59 Å². The van der Waals surface area contributed by atoms with Gasteiger partial charge in [0.05, 0.1) is 17.4 Å². The Balaban J connectivity index is 1.57. The van der Waals surface area contributed by atoms with Gasteiger partial charge in [0.25, 0.3) is 11.5 Å². The summed E-state index contributed by atoms with van der Waals surface area (Å²) >= 11 is 0. The summed E-state index contributed by atoms with van der Waals surface area (Å²) in [5, 5.41) is 0.524. The van der Waals surface area contributed by atoms with Gasteiger partial charge in [-0.2, -0.15) is 0 Å². The third kappa shape index (κ3) is 5.52. The van der Waals surface area contributed by atoms with Crippen molar-refractivity contribution in [2.75, 3.05) is 6.61 Å². The molecule has 0 saturated heterocycles. The van der Waals surface area contributed by atoms with Gasteiger partial charge < -0.3 is 14.6 Å². The van der Waals surface area contributed by atoms with E-state index in [1.54, 1.807) is 23.1 Å². The Morgan fingerprint density at radius 3 is 2.50 bits per heavy atom. The highest BCUT2D eigenvalue weighted by molar-refractivity contribution is 5.78. The first-order chi connectivity index (χ1) is 16.4. The van der Waals surface area contributed by atoms with Crippen molar-refractivity contribution >= 4 is 16.8 Å². The normalized spacial score (nSPS) is 11.1. The molecule has 0 fully saturated rings. The summed E-state index contributed by atoms with van der Waals surface area (Å²) in [6.45, 7) is 6.66. The van der Waals surface area contributed by atoms with E-state index in [4.69, 9.17) is 4.74 Å². The molecule has 1 amide bonds. The lowest BCUT2D eigenvalue weighted by molar-refractivity contribution is -0.134. The number of aryl methyl sites for hydroxylation is 1. The van der Waals surface area contributed by atoms with E-state index in [9.17, 15) is 9.59 Å². The number of amides is 1.